The minimum atomic E-state index is -1.20. The smallest absolute Gasteiger partial charge is 0.331 e. The van der Waals surface area contributed by atoms with E-state index >= 15 is 0 Å². The first-order valence-electron chi connectivity index (χ1n) is 7.87. The van der Waals surface area contributed by atoms with Crippen molar-refractivity contribution in [2.24, 2.45) is 17.3 Å². The van der Waals surface area contributed by atoms with Gasteiger partial charge in [-0.3, -0.25) is 4.79 Å². The molecule has 3 rings (SSSR count). The van der Waals surface area contributed by atoms with Crippen LogP contribution in [0, 0.1) is 17.3 Å². The molecule has 4 nitrogen and oxygen atoms in total. The predicted octanol–water partition coefficient (Wildman–Crippen LogP) is 3.30. The first kappa shape index (κ1) is 15.5. The lowest BCUT2D eigenvalue weighted by molar-refractivity contribution is -0.147. The van der Waals surface area contributed by atoms with Crippen LogP contribution < -0.4 is 0 Å². The molecule has 0 heterocycles. The maximum absolute atomic E-state index is 12.0. The molecular weight excluding hydrogens is 292 g/mol. The third-order valence-corrected chi connectivity index (χ3v) is 4.93. The molecule has 0 amide bonds. The number of rotatable bonds is 5. The van der Waals surface area contributed by atoms with Crippen molar-refractivity contribution in [3.63, 3.8) is 0 Å². The summed E-state index contributed by atoms with van der Waals surface area (Å²) in [4.78, 5) is 23.7. The number of allylic oxidation sites excluding steroid dienone is 2. The van der Waals surface area contributed by atoms with Gasteiger partial charge in [0.15, 0.2) is 0 Å². The lowest BCUT2D eigenvalue weighted by Gasteiger charge is -2.36. The molecule has 1 fully saturated rings. The van der Waals surface area contributed by atoms with Crippen molar-refractivity contribution in [3.05, 3.63) is 59.2 Å². The van der Waals surface area contributed by atoms with Crippen molar-refractivity contribution >= 4 is 11.9 Å². The van der Waals surface area contributed by atoms with Crippen LogP contribution in [0.4, 0.5) is 0 Å². The lowest BCUT2D eigenvalue weighted by Crippen LogP contribution is -2.40. The van der Waals surface area contributed by atoms with Crippen LogP contribution in [0.1, 0.15) is 25.3 Å². The quantitative estimate of drug-likeness (QED) is 0.875. The highest BCUT2D eigenvalue weighted by atomic mass is 16.4. The normalized spacial score (nSPS) is 27.1. The number of carboxylic acids is 2. The molecule has 1 aromatic rings. The summed E-state index contributed by atoms with van der Waals surface area (Å²) in [6.45, 7) is 1.64. The van der Waals surface area contributed by atoms with Gasteiger partial charge in [-0.2, -0.15) is 0 Å². The molecule has 0 aromatic heterocycles. The molecule has 2 N–H and O–H groups in total. The second kappa shape index (κ2) is 5.69. The molecule has 1 saturated carbocycles. The molecule has 2 unspecified atom stereocenters. The highest BCUT2D eigenvalue weighted by molar-refractivity contribution is 5.91. The monoisotopic (exact) mass is 312 g/mol. The predicted molar refractivity (Wildman–Crippen MR) is 85.9 cm³/mol. The molecule has 0 radical (unpaired) electrons. The molecule has 0 saturated heterocycles. The van der Waals surface area contributed by atoms with E-state index in [2.05, 4.69) is 0 Å². The van der Waals surface area contributed by atoms with Gasteiger partial charge in [-0.15, -0.1) is 0 Å². The number of carboxylic acid groups (broad SMARTS) is 2. The first-order chi connectivity index (χ1) is 10.9. The van der Waals surface area contributed by atoms with Crippen LogP contribution in [-0.4, -0.2) is 22.2 Å². The van der Waals surface area contributed by atoms with E-state index in [9.17, 15) is 19.8 Å². The van der Waals surface area contributed by atoms with Crippen molar-refractivity contribution in [2.45, 2.75) is 26.2 Å². The molecule has 0 bridgehead atoms. The molecule has 1 aromatic carbocycles. The Morgan fingerprint density at radius 3 is 2.35 bits per heavy atom. The van der Waals surface area contributed by atoms with E-state index in [1.165, 1.54) is 0 Å². The summed E-state index contributed by atoms with van der Waals surface area (Å²) in [5, 5.41) is 19.4. The summed E-state index contributed by atoms with van der Waals surface area (Å²) in [5.74, 6) is -2.25. The van der Waals surface area contributed by atoms with E-state index in [4.69, 9.17) is 0 Å². The van der Waals surface area contributed by atoms with E-state index in [0.717, 1.165) is 24.0 Å². The Kier molecular flexibility index (Phi) is 3.84. The molecule has 120 valence electrons. The van der Waals surface area contributed by atoms with Crippen molar-refractivity contribution in [3.8, 4) is 0 Å². The van der Waals surface area contributed by atoms with Gasteiger partial charge in [0.25, 0.3) is 0 Å². The van der Waals surface area contributed by atoms with Crippen molar-refractivity contribution in [1.82, 2.24) is 0 Å². The highest BCUT2D eigenvalue weighted by Gasteiger charge is 2.47. The summed E-state index contributed by atoms with van der Waals surface area (Å²) in [6, 6.07) is 9.46. The number of benzene rings is 1. The van der Waals surface area contributed by atoms with Gasteiger partial charge in [0.1, 0.15) is 0 Å². The zero-order valence-electron chi connectivity index (χ0n) is 13.0. The molecule has 23 heavy (non-hydrogen) atoms. The number of carbonyl (C=O) groups is 2. The number of aliphatic carboxylic acids is 2. The number of hydrogen-bond acceptors (Lipinski definition) is 2. The van der Waals surface area contributed by atoms with Gasteiger partial charge >= 0.3 is 11.9 Å². The Balaban J connectivity index is 2.04. The zero-order valence-corrected chi connectivity index (χ0v) is 13.0. The average molecular weight is 312 g/mol. The molecule has 2 aliphatic rings. The Morgan fingerprint density at radius 2 is 1.83 bits per heavy atom. The van der Waals surface area contributed by atoms with Gasteiger partial charge in [-0.05, 0) is 49.3 Å². The Morgan fingerprint density at radius 1 is 1.17 bits per heavy atom. The fraction of sp³-hybridized carbons (Fsp3) is 0.368. The van der Waals surface area contributed by atoms with Crippen LogP contribution in [0.2, 0.25) is 0 Å². The van der Waals surface area contributed by atoms with Gasteiger partial charge in [-0.1, -0.05) is 36.4 Å². The molecule has 4 heteroatoms. The zero-order chi connectivity index (χ0) is 16.6. The van der Waals surface area contributed by atoms with E-state index in [-0.39, 0.29) is 5.57 Å². The average Bonchev–Trinajstić information content (AvgIpc) is 3.34. The van der Waals surface area contributed by atoms with Gasteiger partial charge in [0, 0.05) is 11.5 Å². The molecule has 2 atom stereocenters. The maximum atomic E-state index is 12.0. The third kappa shape index (κ3) is 2.93. The van der Waals surface area contributed by atoms with Gasteiger partial charge in [0.05, 0.1) is 5.41 Å². The standard InChI is InChI=1S/C19H20O4/c1-19(18(22)23)11-14(13-7-8-13)10-15(17(20)21)16(19)9-12-5-3-2-4-6-12/h2-6,10-11,13,16H,7-9H2,1H3,(H,20,21)(H,22,23). The largest absolute Gasteiger partial charge is 0.481 e. The highest BCUT2D eigenvalue weighted by Crippen LogP contribution is 2.47. The van der Waals surface area contributed by atoms with Gasteiger partial charge in [-0.25, -0.2) is 4.79 Å². The summed E-state index contributed by atoms with van der Waals surface area (Å²) in [7, 11) is 0. The lowest BCUT2D eigenvalue weighted by atomic mass is 9.66. The van der Waals surface area contributed by atoms with Gasteiger partial charge < -0.3 is 10.2 Å². The van der Waals surface area contributed by atoms with Crippen LogP contribution in [0.25, 0.3) is 0 Å². The van der Waals surface area contributed by atoms with Crippen LogP contribution in [0.3, 0.4) is 0 Å². The van der Waals surface area contributed by atoms with Crippen LogP contribution in [0.5, 0.6) is 0 Å². The van der Waals surface area contributed by atoms with Crippen molar-refractivity contribution in [2.75, 3.05) is 0 Å². The van der Waals surface area contributed by atoms with E-state index in [1.54, 1.807) is 19.1 Å². The second-order valence-electron chi connectivity index (χ2n) is 6.65. The van der Waals surface area contributed by atoms with Gasteiger partial charge in [0.2, 0.25) is 0 Å². The maximum Gasteiger partial charge on any atom is 0.331 e. The molecule has 0 spiro atoms. The minimum absolute atomic E-state index is 0.211. The Labute approximate surface area is 135 Å². The van der Waals surface area contributed by atoms with Crippen LogP contribution in [-0.2, 0) is 16.0 Å². The SMILES string of the molecule is CC1(C(=O)O)C=C(C2CC2)C=C(C(=O)O)C1Cc1ccccc1. The number of hydrogen-bond donors (Lipinski definition) is 2. The summed E-state index contributed by atoms with van der Waals surface area (Å²) >= 11 is 0. The van der Waals surface area contributed by atoms with E-state index in [1.807, 2.05) is 30.3 Å². The van der Waals surface area contributed by atoms with E-state index in [0.29, 0.717) is 12.3 Å². The molecule has 0 aliphatic heterocycles. The van der Waals surface area contributed by atoms with E-state index < -0.39 is 23.3 Å². The fourth-order valence-electron chi connectivity index (χ4n) is 3.34. The summed E-state index contributed by atoms with van der Waals surface area (Å²) in [5.41, 5.74) is 0.830. The molecule has 2 aliphatic carbocycles. The first-order valence-corrected chi connectivity index (χ1v) is 7.87. The third-order valence-electron chi connectivity index (χ3n) is 4.93. The summed E-state index contributed by atoms with van der Waals surface area (Å²) < 4.78 is 0. The second-order valence-corrected chi connectivity index (χ2v) is 6.65. The Bertz CT molecular complexity index is 697. The topological polar surface area (TPSA) is 74.6 Å². The fourth-order valence-corrected chi connectivity index (χ4v) is 3.34. The molecular formula is C19H20O4. The minimum Gasteiger partial charge on any atom is -0.481 e. The summed E-state index contributed by atoms with van der Waals surface area (Å²) in [6.07, 6.45) is 5.91. The van der Waals surface area contributed by atoms with Crippen LogP contribution >= 0.6 is 0 Å². The van der Waals surface area contributed by atoms with Crippen molar-refractivity contribution in [1.29, 1.82) is 0 Å². The van der Waals surface area contributed by atoms with Crippen LogP contribution in [0.15, 0.2) is 53.6 Å². The van der Waals surface area contributed by atoms with Crippen molar-refractivity contribution < 1.29 is 19.8 Å². The Hall–Kier alpha value is -2.36.